The van der Waals surface area contributed by atoms with Gasteiger partial charge in [0.2, 0.25) is 5.12 Å². The first-order chi connectivity index (χ1) is 5.60. The van der Waals surface area contributed by atoms with E-state index in [1.54, 1.807) is 0 Å². The lowest BCUT2D eigenvalue weighted by atomic mass is 10.0. The lowest BCUT2D eigenvalue weighted by Gasteiger charge is -2.15. The molecule has 0 rings (SSSR count). The molecule has 0 amide bonds. The van der Waals surface area contributed by atoms with Gasteiger partial charge in [0.05, 0.1) is 0 Å². The Morgan fingerprint density at radius 2 is 1.85 bits per heavy atom. The van der Waals surface area contributed by atoms with Crippen LogP contribution in [0.3, 0.4) is 0 Å². The molecular formula is C7H14O4S2. The third kappa shape index (κ3) is 9.85. The summed E-state index contributed by atoms with van der Waals surface area (Å²) in [6.45, 7) is 5.84. The van der Waals surface area contributed by atoms with E-state index in [4.69, 9.17) is 4.55 Å². The lowest BCUT2D eigenvalue weighted by Crippen LogP contribution is -2.16. The van der Waals surface area contributed by atoms with Crippen LogP contribution in [0.15, 0.2) is 0 Å². The Bertz CT molecular complexity index is 273. The molecule has 78 valence electrons. The highest BCUT2D eigenvalue weighted by Gasteiger charge is 2.17. The number of hydrogen-bond acceptors (Lipinski definition) is 4. The summed E-state index contributed by atoms with van der Waals surface area (Å²) < 4.78 is 28.9. The van der Waals surface area contributed by atoms with Crippen molar-refractivity contribution in [3.05, 3.63) is 0 Å². The zero-order chi connectivity index (χ0) is 10.7. The molecule has 0 aliphatic heterocycles. The summed E-state index contributed by atoms with van der Waals surface area (Å²) in [4.78, 5) is 10.9. The SMILES string of the molecule is CC(C)(C)CSC(=O)CS(=O)(=O)O. The molecule has 13 heavy (non-hydrogen) atoms. The van der Waals surface area contributed by atoms with Gasteiger partial charge >= 0.3 is 0 Å². The number of hydrogen-bond donors (Lipinski definition) is 1. The molecule has 0 saturated carbocycles. The fraction of sp³-hybridized carbons (Fsp3) is 0.857. The summed E-state index contributed by atoms with van der Waals surface area (Å²) in [7, 11) is -4.16. The van der Waals surface area contributed by atoms with E-state index >= 15 is 0 Å². The van der Waals surface area contributed by atoms with Crippen molar-refractivity contribution >= 4 is 27.0 Å². The average Bonchev–Trinajstić information content (AvgIpc) is 1.78. The van der Waals surface area contributed by atoms with Gasteiger partial charge in [0.25, 0.3) is 10.1 Å². The number of thioether (sulfide) groups is 1. The van der Waals surface area contributed by atoms with Crippen molar-refractivity contribution in [3.8, 4) is 0 Å². The van der Waals surface area contributed by atoms with Gasteiger partial charge in [-0.15, -0.1) is 0 Å². The van der Waals surface area contributed by atoms with Gasteiger partial charge in [-0.2, -0.15) is 8.42 Å². The molecule has 0 bridgehead atoms. The maximum Gasteiger partial charge on any atom is 0.272 e. The Balaban J connectivity index is 3.92. The van der Waals surface area contributed by atoms with E-state index < -0.39 is 21.0 Å². The third-order valence-electron chi connectivity index (χ3n) is 0.966. The minimum Gasteiger partial charge on any atom is -0.286 e. The molecule has 0 unspecified atom stereocenters. The van der Waals surface area contributed by atoms with Crippen LogP contribution in [0.1, 0.15) is 20.8 Å². The van der Waals surface area contributed by atoms with Crippen LogP contribution in [0.25, 0.3) is 0 Å². The molecule has 6 heteroatoms. The molecule has 1 N–H and O–H groups in total. The fourth-order valence-corrected chi connectivity index (χ4v) is 2.16. The van der Waals surface area contributed by atoms with E-state index in [9.17, 15) is 13.2 Å². The van der Waals surface area contributed by atoms with Gasteiger partial charge in [-0.05, 0) is 5.41 Å². The van der Waals surface area contributed by atoms with E-state index in [0.717, 1.165) is 11.8 Å². The molecule has 0 saturated heterocycles. The first kappa shape index (κ1) is 12.9. The van der Waals surface area contributed by atoms with Crippen LogP contribution in [0, 0.1) is 5.41 Å². The van der Waals surface area contributed by atoms with Gasteiger partial charge in [-0.1, -0.05) is 32.5 Å². The highest BCUT2D eigenvalue weighted by atomic mass is 32.2. The van der Waals surface area contributed by atoms with Crippen molar-refractivity contribution < 1.29 is 17.8 Å². The summed E-state index contributed by atoms with van der Waals surface area (Å²) in [5.41, 5.74) is -0.0282. The van der Waals surface area contributed by atoms with E-state index in [1.807, 2.05) is 20.8 Å². The summed E-state index contributed by atoms with van der Waals surface area (Å²) in [6.07, 6.45) is 0. The Morgan fingerprint density at radius 1 is 1.38 bits per heavy atom. The molecule has 0 aliphatic carbocycles. The minimum absolute atomic E-state index is 0.0282. The van der Waals surface area contributed by atoms with Crippen molar-refractivity contribution in [3.63, 3.8) is 0 Å². The predicted octanol–water partition coefficient (Wildman–Crippen LogP) is 1.18. The summed E-state index contributed by atoms with van der Waals surface area (Å²) in [6, 6.07) is 0. The third-order valence-corrected chi connectivity index (χ3v) is 3.25. The molecule has 0 atom stereocenters. The van der Waals surface area contributed by atoms with Gasteiger partial charge in [0, 0.05) is 5.75 Å². The highest BCUT2D eigenvalue weighted by molar-refractivity contribution is 8.14. The van der Waals surface area contributed by atoms with Crippen molar-refractivity contribution in [2.45, 2.75) is 20.8 Å². The fourth-order valence-electron chi connectivity index (χ4n) is 0.488. The van der Waals surface area contributed by atoms with Crippen LogP contribution in [-0.2, 0) is 14.9 Å². The molecule has 0 aliphatic rings. The Hall–Kier alpha value is -0.0700. The van der Waals surface area contributed by atoms with Crippen LogP contribution < -0.4 is 0 Å². The summed E-state index contributed by atoms with van der Waals surface area (Å²) >= 11 is 0.932. The molecule has 0 aromatic heterocycles. The van der Waals surface area contributed by atoms with Gasteiger partial charge in [-0.3, -0.25) is 9.35 Å². The van der Waals surface area contributed by atoms with E-state index in [1.165, 1.54) is 0 Å². The number of carbonyl (C=O) groups is 1. The monoisotopic (exact) mass is 226 g/mol. The first-order valence-corrected chi connectivity index (χ1v) is 6.30. The zero-order valence-corrected chi connectivity index (χ0v) is 9.54. The molecule has 0 heterocycles. The van der Waals surface area contributed by atoms with Crippen LogP contribution in [0.4, 0.5) is 0 Å². The molecule has 4 nitrogen and oxygen atoms in total. The van der Waals surface area contributed by atoms with Crippen molar-refractivity contribution in [2.24, 2.45) is 5.41 Å². The second kappa shape index (κ2) is 4.43. The molecule has 0 radical (unpaired) electrons. The smallest absolute Gasteiger partial charge is 0.272 e. The highest BCUT2D eigenvalue weighted by Crippen LogP contribution is 2.20. The molecule has 0 fully saturated rings. The second-order valence-corrected chi connectivity index (χ2v) is 6.43. The molecular weight excluding hydrogens is 212 g/mol. The quantitative estimate of drug-likeness (QED) is 0.732. The van der Waals surface area contributed by atoms with Crippen molar-refractivity contribution in [2.75, 3.05) is 11.5 Å². The van der Waals surface area contributed by atoms with Gasteiger partial charge in [0.15, 0.2) is 0 Å². The normalized spacial score (nSPS) is 12.9. The standard InChI is InChI=1S/C7H14O4S2/c1-7(2,3)5-12-6(8)4-13(9,10)11/h4-5H2,1-3H3,(H,9,10,11). The van der Waals surface area contributed by atoms with Gasteiger partial charge in [-0.25, -0.2) is 0 Å². The van der Waals surface area contributed by atoms with Crippen LogP contribution in [0.5, 0.6) is 0 Å². The Labute approximate surface area is 82.8 Å². The van der Waals surface area contributed by atoms with Crippen LogP contribution in [-0.4, -0.2) is 29.6 Å². The molecule has 0 aromatic rings. The van der Waals surface area contributed by atoms with E-state index in [-0.39, 0.29) is 5.41 Å². The van der Waals surface area contributed by atoms with Crippen molar-refractivity contribution in [1.82, 2.24) is 0 Å². The lowest BCUT2D eigenvalue weighted by molar-refractivity contribution is -0.108. The summed E-state index contributed by atoms with van der Waals surface area (Å²) in [5, 5.41) is -0.516. The van der Waals surface area contributed by atoms with E-state index in [0.29, 0.717) is 5.75 Å². The predicted molar refractivity (Wildman–Crippen MR) is 53.3 cm³/mol. The largest absolute Gasteiger partial charge is 0.286 e. The van der Waals surface area contributed by atoms with E-state index in [2.05, 4.69) is 0 Å². The Morgan fingerprint density at radius 3 is 2.15 bits per heavy atom. The molecule has 0 aromatic carbocycles. The second-order valence-electron chi connectivity index (χ2n) is 3.95. The Kier molecular flexibility index (Phi) is 4.41. The number of rotatable bonds is 3. The van der Waals surface area contributed by atoms with Gasteiger partial charge in [0.1, 0.15) is 5.75 Å². The molecule has 0 spiro atoms. The van der Waals surface area contributed by atoms with Crippen LogP contribution >= 0.6 is 11.8 Å². The minimum atomic E-state index is -4.16. The topological polar surface area (TPSA) is 71.4 Å². The van der Waals surface area contributed by atoms with Gasteiger partial charge < -0.3 is 0 Å². The van der Waals surface area contributed by atoms with Crippen LogP contribution in [0.2, 0.25) is 0 Å². The zero-order valence-electron chi connectivity index (χ0n) is 7.90. The average molecular weight is 226 g/mol. The first-order valence-electron chi connectivity index (χ1n) is 3.71. The van der Waals surface area contributed by atoms with Crippen molar-refractivity contribution in [1.29, 1.82) is 0 Å². The maximum atomic E-state index is 10.9. The summed E-state index contributed by atoms with van der Waals surface area (Å²) in [5.74, 6) is -0.255. The maximum absolute atomic E-state index is 10.9. The number of carbonyl (C=O) groups excluding carboxylic acids is 1.